The minimum atomic E-state index is 0.705. The molecular formula is C7H12ClN3S2. The van der Waals surface area contributed by atoms with Crippen molar-refractivity contribution in [2.45, 2.75) is 6.54 Å². The van der Waals surface area contributed by atoms with E-state index in [2.05, 4.69) is 27.8 Å². The van der Waals surface area contributed by atoms with Gasteiger partial charge in [0.15, 0.2) is 0 Å². The molecule has 0 aromatic carbocycles. The molecule has 3 nitrogen and oxygen atoms in total. The van der Waals surface area contributed by atoms with Gasteiger partial charge < -0.3 is 0 Å². The maximum Gasteiger partial charge on any atom is 0.138 e. The van der Waals surface area contributed by atoms with Crippen molar-refractivity contribution in [2.75, 3.05) is 25.6 Å². The zero-order valence-electron chi connectivity index (χ0n) is 7.66. The molecule has 0 aliphatic heterocycles. The quantitative estimate of drug-likeness (QED) is 0.783. The zero-order valence-corrected chi connectivity index (χ0v) is 10.0. The highest BCUT2D eigenvalue weighted by Crippen LogP contribution is 2.18. The first-order chi connectivity index (χ1) is 6.24. The molecule has 1 rings (SSSR count). The topological polar surface area (TPSA) is 29.0 Å². The summed E-state index contributed by atoms with van der Waals surface area (Å²) in [7, 11) is 2.06. The molecule has 74 valence electrons. The summed E-state index contributed by atoms with van der Waals surface area (Å²) in [5.74, 6) is 1.13. The van der Waals surface area contributed by atoms with Crippen LogP contribution in [0.5, 0.6) is 0 Å². The van der Waals surface area contributed by atoms with Gasteiger partial charge in [-0.25, -0.2) is 0 Å². The third kappa shape index (κ3) is 3.81. The van der Waals surface area contributed by atoms with Gasteiger partial charge in [-0.2, -0.15) is 11.8 Å². The number of nitrogens with zero attached hydrogens (tertiary/aromatic N) is 3. The molecule has 1 aromatic rings. The second-order valence-corrected chi connectivity index (χ2v) is 5.07. The van der Waals surface area contributed by atoms with E-state index in [4.69, 9.17) is 11.6 Å². The summed E-state index contributed by atoms with van der Waals surface area (Å²) in [6.07, 6.45) is 2.10. The first kappa shape index (κ1) is 11.2. The Hall–Kier alpha value is 0.160. The van der Waals surface area contributed by atoms with Crippen LogP contribution in [0.4, 0.5) is 0 Å². The molecule has 0 radical (unpaired) electrons. The monoisotopic (exact) mass is 237 g/mol. The van der Waals surface area contributed by atoms with Crippen molar-refractivity contribution in [3.05, 3.63) is 10.0 Å². The Labute approximate surface area is 91.6 Å². The summed E-state index contributed by atoms with van der Waals surface area (Å²) in [6, 6.07) is 0. The SMILES string of the molecule is CSCCN(C)Cc1nnsc1Cl. The average Bonchev–Trinajstić information content (AvgIpc) is 2.48. The molecule has 0 N–H and O–H groups in total. The van der Waals surface area contributed by atoms with Gasteiger partial charge in [-0.3, -0.25) is 4.90 Å². The molecule has 0 aliphatic carbocycles. The van der Waals surface area contributed by atoms with E-state index >= 15 is 0 Å². The maximum absolute atomic E-state index is 5.88. The standard InChI is InChI=1S/C7H12ClN3S2/c1-11(3-4-12-2)5-6-7(8)13-10-9-6/h3-5H2,1-2H3. The summed E-state index contributed by atoms with van der Waals surface area (Å²) >= 11 is 8.96. The van der Waals surface area contributed by atoms with Gasteiger partial charge in [0.1, 0.15) is 10.0 Å². The Morgan fingerprint density at radius 2 is 2.38 bits per heavy atom. The van der Waals surface area contributed by atoms with Gasteiger partial charge in [-0.15, -0.1) is 5.10 Å². The first-order valence-electron chi connectivity index (χ1n) is 3.88. The molecule has 0 bridgehead atoms. The predicted octanol–water partition coefficient (Wildman–Crippen LogP) is 1.99. The highest BCUT2D eigenvalue weighted by atomic mass is 35.5. The molecular weight excluding hydrogens is 226 g/mol. The molecule has 1 aromatic heterocycles. The van der Waals surface area contributed by atoms with Crippen molar-refractivity contribution in [2.24, 2.45) is 0 Å². The second kappa shape index (κ2) is 5.80. The van der Waals surface area contributed by atoms with Gasteiger partial charge in [-0.05, 0) is 13.3 Å². The minimum Gasteiger partial charge on any atom is -0.300 e. The van der Waals surface area contributed by atoms with Crippen LogP contribution in [0.25, 0.3) is 0 Å². The third-order valence-corrected chi connectivity index (χ3v) is 3.18. The summed E-state index contributed by atoms with van der Waals surface area (Å²) in [6.45, 7) is 1.84. The summed E-state index contributed by atoms with van der Waals surface area (Å²) in [5, 5.41) is 3.95. The van der Waals surface area contributed by atoms with Crippen molar-refractivity contribution in [1.82, 2.24) is 14.5 Å². The number of thioether (sulfide) groups is 1. The third-order valence-electron chi connectivity index (χ3n) is 1.61. The van der Waals surface area contributed by atoms with E-state index in [-0.39, 0.29) is 0 Å². The molecule has 0 unspecified atom stereocenters. The molecule has 0 saturated carbocycles. The van der Waals surface area contributed by atoms with Crippen molar-refractivity contribution >= 4 is 34.9 Å². The van der Waals surface area contributed by atoms with E-state index in [1.165, 1.54) is 11.5 Å². The van der Waals surface area contributed by atoms with Gasteiger partial charge in [0.2, 0.25) is 0 Å². The number of hydrogen-bond acceptors (Lipinski definition) is 5. The lowest BCUT2D eigenvalue weighted by Gasteiger charge is -2.13. The van der Waals surface area contributed by atoms with Crippen molar-refractivity contribution in [3.8, 4) is 0 Å². The summed E-state index contributed by atoms with van der Waals surface area (Å²) in [4.78, 5) is 2.19. The maximum atomic E-state index is 5.88. The van der Waals surface area contributed by atoms with Crippen LogP contribution >= 0.6 is 34.9 Å². The Kier molecular flexibility index (Phi) is 5.01. The predicted molar refractivity (Wildman–Crippen MR) is 59.6 cm³/mol. The highest BCUT2D eigenvalue weighted by Gasteiger charge is 2.07. The second-order valence-electron chi connectivity index (χ2n) is 2.72. The van der Waals surface area contributed by atoms with Gasteiger partial charge in [0.05, 0.1) is 0 Å². The van der Waals surface area contributed by atoms with Gasteiger partial charge in [-0.1, -0.05) is 16.1 Å². The van der Waals surface area contributed by atoms with E-state index in [1.807, 2.05) is 11.8 Å². The van der Waals surface area contributed by atoms with Crippen LogP contribution < -0.4 is 0 Å². The molecule has 1 heterocycles. The lowest BCUT2D eigenvalue weighted by atomic mass is 10.4. The van der Waals surface area contributed by atoms with Crippen LogP contribution in [0.15, 0.2) is 0 Å². The Morgan fingerprint density at radius 3 is 2.92 bits per heavy atom. The number of rotatable bonds is 5. The molecule has 0 saturated heterocycles. The van der Waals surface area contributed by atoms with Gasteiger partial charge in [0.25, 0.3) is 0 Å². The van der Waals surface area contributed by atoms with E-state index in [9.17, 15) is 0 Å². The molecule has 0 fully saturated rings. The molecule has 0 atom stereocenters. The number of aromatic nitrogens is 2. The molecule has 13 heavy (non-hydrogen) atoms. The summed E-state index contributed by atoms with van der Waals surface area (Å²) in [5.41, 5.74) is 0.885. The largest absolute Gasteiger partial charge is 0.300 e. The lowest BCUT2D eigenvalue weighted by Crippen LogP contribution is -2.20. The van der Waals surface area contributed by atoms with E-state index < -0.39 is 0 Å². The van der Waals surface area contributed by atoms with E-state index in [0.717, 1.165) is 24.5 Å². The smallest absolute Gasteiger partial charge is 0.138 e. The van der Waals surface area contributed by atoms with Crippen molar-refractivity contribution < 1.29 is 0 Å². The van der Waals surface area contributed by atoms with Crippen LogP contribution in [0.3, 0.4) is 0 Å². The fourth-order valence-electron chi connectivity index (χ4n) is 0.873. The molecule has 0 aliphatic rings. The Balaban J connectivity index is 2.36. The van der Waals surface area contributed by atoms with Crippen LogP contribution in [-0.4, -0.2) is 40.1 Å². The number of halogens is 1. The lowest BCUT2D eigenvalue weighted by molar-refractivity contribution is 0.344. The van der Waals surface area contributed by atoms with Crippen LogP contribution in [0.2, 0.25) is 4.34 Å². The Bertz CT molecular complexity index is 254. The fraction of sp³-hybridized carbons (Fsp3) is 0.714. The normalized spacial score (nSPS) is 11.1. The van der Waals surface area contributed by atoms with Crippen molar-refractivity contribution in [3.63, 3.8) is 0 Å². The van der Waals surface area contributed by atoms with E-state index in [0.29, 0.717) is 4.34 Å². The minimum absolute atomic E-state index is 0.705. The molecule has 0 spiro atoms. The fourth-order valence-corrected chi connectivity index (χ4v) is 1.98. The first-order valence-corrected chi connectivity index (χ1v) is 6.42. The van der Waals surface area contributed by atoms with Crippen LogP contribution in [-0.2, 0) is 6.54 Å². The molecule has 0 amide bonds. The van der Waals surface area contributed by atoms with Crippen LogP contribution in [0, 0.1) is 0 Å². The van der Waals surface area contributed by atoms with E-state index in [1.54, 1.807) is 0 Å². The van der Waals surface area contributed by atoms with Gasteiger partial charge in [0, 0.05) is 30.4 Å². The zero-order chi connectivity index (χ0) is 9.68. The highest BCUT2D eigenvalue weighted by molar-refractivity contribution is 7.98. The average molecular weight is 238 g/mol. The number of hydrogen-bond donors (Lipinski definition) is 0. The van der Waals surface area contributed by atoms with Gasteiger partial charge >= 0.3 is 0 Å². The Morgan fingerprint density at radius 1 is 1.62 bits per heavy atom. The molecule has 6 heteroatoms. The van der Waals surface area contributed by atoms with Crippen LogP contribution in [0.1, 0.15) is 5.69 Å². The summed E-state index contributed by atoms with van der Waals surface area (Å²) < 4.78 is 4.49. The van der Waals surface area contributed by atoms with Crippen molar-refractivity contribution in [1.29, 1.82) is 0 Å².